The lowest BCUT2D eigenvalue weighted by atomic mass is 10.0. The Balaban J connectivity index is 1.91. The summed E-state index contributed by atoms with van der Waals surface area (Å²) in [6.07, 6.45) is 1.83. The number of hydrogen-bond donors (Lipinski definition) is 2. The third-order valence-corrected chi connectivity index (χ3v) is 5.42. The summed E-state index contributed by atoms with van der Waals surface area (Å²) in [6.45, 7) is 8.35. The van der Waals surface area contributed by atoms with E-state index in [9.17, 15) is 9.59 Å². The summed E-state index contributed by atoms with van der Waals surface area (Å²) in [5, 5.41) is 6.31. The molecule has 0 aliphatic carbocycles. The van der Waals surface area contributed by atoms with E-state index in [0.717, 1.165) is 55.1 Å². The zero-order chi connectivity index (χ0) is 23.3. The molecule has 0 bridgehead atoms. The standard InChI is InChI=1S/C26H34N4O2/c1-6-13-30(14-7-2)26(32)20-11-12-23-22(16-20)24(25(31)28-23)18(3)27-21-10-8-9-19(15-21)17-29(4)5/h8-12,15-16,27H,6-7,13-14,17H2,1-5H3,(H,28,31). The van der Waals surface area contributed by atoms with E-state index in [1.54, 1.807) is 6.07 Å². The first-order chi connectivity index (χ1) is 15.3. The number of amides is 2. The Kier molecular flexibility index (Phi) is 7.70. The minimum Gasteiger partial charge on any atom is -0.358 e. The van der Waals surface area contributed by atoms with Crippen molar-refractivity contribution in [2.75, 3.05) is 37.8 Å². The van der Waals surface area contributed by atoms with Gasteiger partial charge >= 0.3 is 0 Å². The SMILES string of the molecule is CCCN(CCC)C(=O)c1ccc2c(c1)C(=C(C)Nc1cccc(CN(C)C)c1)C(=O)N2. The molecule has 6 nitrogen and oxygen atoms in total. The summed E-state index contributed by atoms with van der Waals surface area (Å²) in [6, 6.07) is 13.6. The minimum absolute atomic E-state index is 0.0113. The molecule has 0 saturated carbocycles. The van der Waals surface area contributed by atoms with E-state index in [1.807, 2.05) is 50.2 Å². The fourth-order valence-electron chi connectivity index (χ4n) is 4.10. The third-order valence-electron chi connectivity index (χ3n) is 5.42. The molecule has 0 spiro atoms. The van der Waals surface area contributed by atoms with Gasteiger partial charge in [0, 0.05) is 47.8 Å². The Bertz CT molecular complexity index is 1020. The maximum Gasteiger partial charge on any atom is 0.258 e. The van der Waals surface area contributed by atoms with Gasteiger partial charge in [-0.1, -0.05) is 26.0 Å². The van der Waals surface area contributed by atoms with E-state index in [2.05, 4.69) is 41.5 Å². The van der Waals surface area contributed by atoms with Gasteiger partial charge < -0.3 is 20.4 Å². The number of hydrogen-bond acceptors (Lipinski definition) is 4. The van der Waals surface area contributed by atoms with E-state index in [4.69, 9.17) is 0 Å². The van der Waals surface area contributed by atoms with Crippen molar-refractivity contribution in [3.8, 4) is 0 Å². The summed E-state index contributed by atoms with van der Waals surface area (Å²) in [5.74, 6) is -0.143. The highest BCUT2D eigenvalue weighted by Gasteiger charge is 2.28. The fraction of sp³-hybridized carbons (Fsp3) is 0.385. The molecule has 0 atom stereocenters. The van der Waals surface area contributed by atoms with Gasteiger partial charge in [-0.25, -0.2) is 0 Å². The molecule has 0 aromatic heterocycles. The van der Waals surface area contributed by atoms with Crippen molar-refractivity contribution in [3.63, 3.8) is 0 Å². The second kappa shape index (κ2) is 10.5. The molecule has 1 aliphatic rings. The predicted octanol–water partition coefficient (Wildman–Crippen LogP) is 4.81. The van der Waals surface area contributed by atoms with Crippen LogP contribution in [0.1, 0.15) is 55.1 Å². The van der Waals surface area contributed by atoms with Crippen molar-refractivity contribution >= 4 is 28.8 Å². The maximum atomic E-state index is 13.1. The van der Waals surface area contributed by atoms with E-state index < -0.39 is 0 Å². The molecule has 0 radical (unpaired) electrons. The van der Waals surface area contributed by atoms with Crippen molar-refractivity contribution in [1.82, 2.24) is 9.80 Å². The van der Waals surface area contributed by atoms with Crippen molar-refractivity contribution in [2.45, 2.75) is 40.2 Å². The van der Waals surface area contributed by atoms with Gasteiger partial charge in [0.25, 0.3) is 11.8 Å². The van der Waals surface area contributed by atoms with Crippen LogP contribution in [-0.4, -0.2) is 48.8 Å². The van der Waals surface area contributed by atoms with Gasteiger partial charge in [-0.2, -0.15) is 0 Å². The van der Waals surface area contributed by atoms with Crippen LogP contribution in [0.5, 0.6) is 0 Å². The molecule has 2 aromatic carbocycles. The average molecular weight is 435 g/mol. The molecule has 1 aliphatic heterocycles. The lowest BCUT2D eigenvalue weighted by molar-refractivity contribution is -0.110. The molecule has 3 rings (SSSR count). The van der Waals surface area contributed by atoms with Crippen LogP contribution in [0.25, 0.3) is 5.57 Å². The number of anilines is 2. The largest absolute Gasteiger partial charge is 0.358 e. The molecular formula is C26H34N4O2. The van der Waals surface area contributed by atoms with Crippen LogP contribution in [-0.2, 0) is 11.3 Å². The predicted molar refractivity (Wildman–Crippen MR) is 132 cm³/mol. The number of fused-ring (bicyclic) bond motifs is 1. The van der Waals surface area contributed by atoms with E-state index in [0.29, 0.717) is 11.1 Å². The summed E-state index contributed by atoms with van der Waals surface area (Å²) >= 11 is 0. The molecule has 2 N–H and O–H groups in total. The highest BCUT2D eigenvalue weighted by atomic mass is 16.2. The number of carbonyl (C=O) groups is 2. The monoisotopic (exact) mass is 434 g/mol. The van der Waals surface area contributed by atoms with Crippen LogP contribution in [0, 0.1) is 0 Å². The fourth-order valence-corrected chi connectivity index (χ4v) is 4.10. The van der Waals surface area contributed by atoms with Gasteiger partial charge in [-0.15, -0.1) is 0 Å². The molecule has 32 heavy (non-hydrogen) atoms. The minimum atomic E-state index is -0.155. The number of rotatable bonds is 9. The number of nitrogens with one attached hydrogen (secondary N) is 2. The van der Waals surface area contributed by atoms with Gasteiger partial charge in [0.05, 0.1) is 5.57 Å². The van der Waals surface area contributed by atoms with Crippen LogP contribution in [0.4, 0.5) is 11.4 Å². The van der Waals surface area contributed by atoms with E-state index in [-0.39, 0.29) is 11.8 Å². The number of carbonyl (C=O) groups excluding carboxylic acids is 2. The Morgan fingerprint density at radius 1 is 1.03 bits per heavy atom. The summed E-state index contributed by atoms with van der Waals surface area (Å²) in [4.78, 5) is 29.9. The molecule has 170 valence electrons. The summed E-state index contributed by atoms with van der Waals surface area (Å²) in [5.41, 5.74) is 5.57. The van der Waals surface area contributed by atoms with Gasteiger partial charge in [-0.3, -0.25) is 9.59 Å². The molecule has 0 fully saturated rings. The first kappa shape index (κ1) is 23.5. The van der Waals surface area contributed by atoms with Gasteiger partial charge in [0.2, 0.25) is 0 Å². The Labute approximate surface area is 191 Å². The molecule has 6 heteroatoms. The Morgan fingerprint density at radius 3 is 2.41 bits per heavy atom. The van der Waals surface area contributed by atoms with Crippen LogP contribution in [0.15, 0.2) is 48.2 Å². The highest BCUT2D eigenvalue weighted by Crippen LogP contribution is 2.35. The number of allylic oxidation sites excluding steroid dienone is 1. The van der Waals surface area contributed by atoms with Crippen molar-refractivity contribution in [3.05, 3.63) is 64.9 Å². The maximum absolute atomic E-state index is 13.1. The van der Waals surface area contributed by atoms with Gasteiger partial charge in [0.15, 0.2) is 0 Å². The lowest BCUT2D eigenvalue weighted by Gasteiger charge is -2.21. The highest BCUT2D eigenvalue weighted by molar-refractivity contribution is 6.32. The topological polar surface area (TPSA) is 64.7 Å². The lowest BCUT2D eigenvalue weighted by Crippen LogP contribution is -2.32. The van der Waals surface area contributed by atoms with Crippen LogP contribution in [0.2, 0.25) is 0 Å². The molecule has 1 heterocycles. The normalized spacial score (nSPS) is 14.2. The van der Waals surface area contributed by atoms with Crippen molar-refractivity contribution in [2.24, 2.45) is 0 Å². The molecule has 0 saturated heterocycles. The third kappa shape index (κ3) is 5.37. The Hall–Kier alpha value is -3.12. The first-order valence-electron chi connectivity index (χ1n) is 11.3. The molecule has 2 aromatic rings. The van der Waals surface area contributed by atoms with Crippen LogP contribution < -0.4 is 10.6 Å². The Morgan fingerprint density at radius 2 is 1.75 bits per heavy atom. The zero-order valence-electron chi connectivity index (χ0n) is 19.8. The van der Waals surface area contributed by atoms with Crippen LogP contribution >= 0.6 is 0 Å². The second-order valence-electron chi connectivity index (χ2n) is 8.57. The van der Waals surface area contributed by atoms with Crippen molar-refractivity contribution < 1.29 is 9.59 Å². The second-order valence-corrected chi connectivity index (χ2v) is 8.57. The average Bonchev–Trinajstić information content (AvgIpc) is 3.07. The van der Waals surface area contributed by atoms with Gasteiger partial charge in [-0.05, 0) is 69.8 Å². The first-order valence-corrected chi connectivity index (χ1v) is 11.3. The summed E-state index contributed by atoms with van der Waals surface area (Å²) < 4.78 is 0. The van der Waals surface area contributed by atoms with E-state index in [1.165, 1.54) is 5.56 Å². The van der Waals surface area contributed by atoms with Gasteiger partial charge in [0.1, 0.15) is 0 Å². The molecule has 0 unspecified atom stereocenters. The van der Waals surface area contributed by atoms with Crippen molar-refractivity contribution in [1.29, 1.82) is 0 Å². The van der Waals surface area contributed by atoms with Crippen LogP contribution in [0.3, 0.4) is 0 Å². The quantitative estimate of drug-likeness (QED) is 0.556. The zero-order valence-corrected chi connectivity index (χ0v) is 19.8. The number of nitrogens with zero attached hydrogens (tertiary/aromatic N) is 2. The molecular weight excluding hydrogens is 400 g/mol. The summed E-state index contributed by atoms with van der Waals surface area (Å²) in [7, 11) is 4.07. The smallest absolute Gasteiger partial charge is 0.258 e. The molecule has 2 amide bonds. The van der Waals surface area contributed by atoms with E-state index >= 15 is 0 Å². The number of benzene rings is 2.